The topological polar surface area (TPSA) is 104 Å². The number of benzene rings is 2. The van der Waals surface area contributed by atoms with E-state index < -0.39 is 33.7 Å². The summed E-state index contributed by atoms with van der Waals surface area (Å²) < 4.78 is 38.0. The van der Waals surface area contributed by atoms with Crippen LogP contribution >= 0.6 is 0 Å². The first-order valence-electron chi connectivity index (χ1n) is 12.0. The fraction of sp³-hybridized carbons (Fsp3) is 0.407. The van der Waals surface area contributed by atoms with E-state index >= 15 is 0 Å². The van der Waals surface area contributed by atoms with Gasteiger partial charge in [-0.05, 0) is 83.4 Å². The molecule has 194 valence electrons. The Balaban J connectivity index is 1.76. The second-order valence-electron chi connectivity index (χ2n) is 9.71. The molecule has 1 atom stereocenters. The van der Waals surface area contributed by atoms with Crippen molar-refractivity contribution in [1.82, 2.24) is 9.29 Å². The summed E-state index contributed by atoms with van der Waals surface area (Å²) in [6.07, 6.45) is 2.03. The van der Waals surface area contributed by atoms with Crippen LogP contribution in [0.5, 0.6) is 0 Å². The van der Waals surface area contributed by atoms with Crippen LogP contribution in [0.4, 0.5) is 4.79 Å². The normalized spacial score (nSPS) is 12.8. The average molecular weight is 515 g/mol. The minimum atomic E-state index is -3.72. The van der Waals surface area contributed by atoms with E-state index in [1.54, 1.807) is 70.3 Å². The first kappa shape index (κ1) is 27.3. The van der Waals surface area contributed by atoms with Crippen molar-refractivity contribution in [2.45, 2.75) is 70.4 Å². The highest BCUT2D eigenvalue weighted by Gasteiger charge is 2.22. The first-order chi connectivity index (χ1) is 16.9. The summed E-state index contributed by atoms with van der Waals surface area (Å²) in [7, 11) is -3.72. The zero-order valence-electron chi connectivity index (χ0n) is 21.4. The predicted molar refractivity (Wildman–Crippen MR) is 138 cm³/mol. The van der Waals surface area contributed by atoms with E-state index in [9.17, 15) is 18.0 Å². The van der Waals surface area contributed by atoms with Crippen LogP contribution in [-0.4, -0.2) is 42.7 Å². The number of fused-ring (bicyclic) bond motifs is 1. The van der Waals surface area contributed by atoms with Crippen LogP contribution < -0.4 is 5.32 Å². The van der Waals surface area contributed by atoms with Crippen LogP contribution in [0.3, 0.4) is 0 Å². The van der Waals surface area contributed by atoms with E-state index in [2.05, 4.69) is 5.32 Å². The van der Waals surface area contributed by atoms with Gasteiger partial charge in [-0.3, -0.25) is 4.79 Å². The van der Waals surface area contributed by atoms with Crippen molar-refractivity contribution in [2.75, 3.05) is 6.61 Å². The quantitative estimate of drug-likeness (QED) is 0.405. The molecule has 3 aromatic rings. The minimum absolute atomic E-state index is 0.0283. The van der Waals surface area contributed by atoms with E-state index in [1.807, 2.05) is 19.1 Å². The number of hydrogen-bond acceptors (Lipinski definition) is 6. The Kier molecular flexibility index (Phi) is 8.45. The monoisotopic (exact) mass is 514 g/mol. The van der Waals surface area contributed by atoms with Gasteiger partial charge in [0.05, 0.1) is 23.4 Å². The highest BCUT2D eigenvalue weighted by atomic mass is 32.2. The number of aryl methyl sites for hydroxylation is 2. The molecule has 1 amide bonds. The zero-order valence-corrected chi connectivity index (χ0v) is 22.2. The Hall–Kier alpha value is -3.33. The Labute approximate surface area is 212 Å². The summed E-state index contributed by atoms with van der Waals surface area (Å²) in [4.78, 5) is 24.6. The molecule has 0 radical (unpaired) electrons. The zero-order chi connectivity index (χ0) is 26.5. The van der Waals surface area contributed by atoms with Crippen LogP contribution in [0.15, 0.2) is 59.6 Å². The lowest BCUT2D eigenvalue weighted by Gasteiger charge is -2.23. The second kappa shape index (κ2) is 11.2. The molecule has 8 nitrogen and oxygen atoms in total. The van der Waals surface area contributed by atoms with Gasteiger partial charge in [-0.2, -0.15) is 0 Å². The fourth-order valence-electron chi connectivity index (χ4n) is 3.82. The molecule has 1 heterocycles. The molecular formula is C27H34N2O6S. The largest absolute Gasteiger partial charge is 0.466 e. The third-order valence-corrected chi connectivity index (χ3v) is 7.22. The Bertz CT molecular complexity index is 1320. The predicted octanol–water partition coefficient (Wildman–Crippen LogP) is 4.97. The summed E-state index contributed by atoms with van der Waals surface area (Å²) in [6, 6.07) is 13.6. The summed E-state index contributed by atoms with van der Waals surface area (Å²) in [5.41, 5.74) is 1.86. The molecule has 0 fully saturated rings. The fourth-order valence-corrected chi connectivity index (χ4v) is 5.17. The number of ether oxygens (including phenoxy) is 2. The number of esters is 1. The van der Waals surface area contributed by atoms with E-state index in [1.165, 1.54) is 3.97 Å². The van der Waals surface area contributed by atoms with Crippen LogP contribution in [0, 0.1) is 6.92 Å². The molecular weight excluding hydrogens is 480 g/mol. The smallest absolute Gasteiger partial charge is 0.407 e. The molecule has 0 saturated carbocycles. The number of nitrogens with one attached hydrogen (secondary N) is 1. The maximum atomic E-state index is 13.1. The van der Waals surface area contributed by atoms with Crippen LogP contribution in [-0.2, 0) is 30.7 Å². The molecule has 2 aromatic carbocycles. The Morgan fingerprint density at radius 1 is 1.06 bits per heavy atom. The number of rotatable bonds is 9. The lowest BCUT2D eigenvalue weighted by atomic mass is 10.0. The number of hydrogen-bond donors (Lipinski definition) is 1. The standard InChI is InChI=1S/C27H34N2O6S/c1-6-34-25(30)18-22(28-26(31)35-27(3,4)5)11-9-20-10-14-24-21(17-20)15-16-29(24)36(32,33)23-12-7-19(2)8-13-23/h7-8,10,12-17,22H,6,9,11,18H2,1-5H3,(H,28,31). The van der Waals surface area contributed by atoms with Gasteiger partial charge in [-0.15, -0.1) is 0 Å². The van der Waals surface area contributed by atoms with Crippen molar-refractivity contribution in [1.29, 1.82) is 0 Å². The molecule has 36 heavy (non-hydrogen) atoms. The molecule has 0 saturated heterocycles. The van der Waals surface area contributed by atoms with Crippen molar-refractivity contribution in [3.8, 4) is 0 Å². The number of nitrogens with zero attached hydrogens (tertiary/aromatic N) is 1. The molecule has 1 aromatic heterocycles. The SMILES string of the molecule is CCOC(=O)CC(CCc1ccc2c(ccn2S(=O)(=O)c2ccc(C)cc2)c1)NC(=O)OC(C)(C)C. The van der Waals surface area contributed by atoms with Crippen molar-refractivity contribution < 1.29 is 27.5 Å². The van der Waals surface area contributed by atoms with Crippen molar-refractivity contribution in [3.63, 3.8) is 0 Å². The van der Waals surface area contributed by atoms with Crippen LogP contribution in [0.25, 0.3) is 10.9 Å². The molecule has 0 aliphatic heterocycles. The Morgan fingerprint density at radius 3 is 2.39 bits per heavy atom. The van der Waals surface area contributed by atoms with Gasteiger partial charge < -0.3 is 14.8 Å². The molecule has 0 spiro atoms. The van der Waals surface area contributed by atoms with E-state index in [4.69, 9.17) is 9.47 Å². The van der Waals surface area contributed by atoms with Crippen molar-refractivity contribution >= 4 is 33.0 Å². The minimum Gasteiger partial charge on any atom is -0.466 e. The van der Waals surface area contributed by atoms with Gasteiger partial charge >= 0.3 is 12.1 Å². The molecule has 1 N–H and O–H groups in total. The lowest BCUT2D eigenvalue weighted by Crippen LogP contribution is -2.40. The van der Waals surface area contributed by atoms with Crippen molar-refractivity contribution in [3.05, 3.63) is 65.9 Å². The Morgan fingerprint density at radius 2 is 1.75 bits per heavy atom. The van der Waals surface area contributed by atoms with Crippen LogP contribution in [0.2, 0.25) is 0 Å². The second-order valence-corrected chi connectivity index (χ2v) is 11.5. The van der Waals surface area contributed by atoms with Gasteiger partial charge in [0.25, 0.3) is 10.0 Å². The molecule has 9 heteroatoms. The lowest BCUT2D eigenvalue weighted by molar-refractivity contribution is -0.143. The van der Waals surface area contributed by atoms with Crippen molar-refractivity contribution in [2.24, 2.45) is 0 Å². The van der Waals surface area contributed by atoms with Crippen LogP contribution in [0.1, 0.15) is 51.7 Å². The van der Waals surface area contributed by atoms with E-state index in [-0.39, 0.29) is 17.9 Å². The third kappa shape index (κ3) is 7.10. The number of aromatic nitrogens is 1. The molecule has 1 unspecified atom stereocenters. The van der Waals surface area contributed by atoms with Gasteiger partial charge in [0.1, 0.15) is 5.60 Å². The third-order valence-electron chi connectivity index (χ3n) is 5.52. The van der Waals surface area contributed by atoms with E-state index in [0.717, 1.165) is 16.5 Å². The van der Waals surface area contributed by atoms with Gasteiger partial charge in [-0.25, -0.2) is 17.2 Å². The number of amides is 1. The number of carbonyl (C=O) groups excluding carboxylic acids is 2. The highest BCUT2D eigenvalue weighted by Crippen LogP contribution is 2.24. The van der Waals surface area contributed by atoms with Gasteiger partial charge in [-0.1, -0.05) is 23.8 Å². The maximum absolute atomic E-state index is 13.1. The average Bonchev–Trinajstić information content (AvgIpc) is 3.21. The van der Waals surface area contributed by atoms with Gasteiger partial charge in [0.15, 0.2) is 0 Å². The molecule has 0 bridgehead atoms. The summed E-state index contributed by atoms with van der Waals surface area (Å²) in [5.74, 6) is -0.396. The molecule has 3 rings (SSSR count). The summed E-state index contributed by atoms with van der Waals surface area (Å²) in [5, 5.41) is 3.55. The molecule has 0 aliphatic carbocycles. The molecule has 0 aliphatic rings. The maximum Gasteiger partial charge on any atom is 0.407 e. The number of alkyl carbamates (subject to hydrolysis) is 1. The summed E-state index contributed by atoms with van der Waals surface area (Å²) in [6.45, 7) is 9.21. The summed E-state index contributed by atoms with van der Waals surface area (Å²) >= 11 is 0. The first-order valence-corrected chi connectivity index (χ1v) is 13.4. The number of carbonyl (C=O) groups is 2. The van der Waals surface area contributed by atoms with E-state index in [0.29, 0.717) is 18.4 Å². The van der Waals surface area contributed by atoms with Gasteiger partial charge in [0.2, 0.25) is 0 Å². The van der Waals surface area contributed by atoms with Gasteiger partial charge in [0, 0.05) is 17.6 Å². The highest BCUT2D eigenvalue weighted by molar-refractivity contribution is 7.90.